The first-order valence-electron chi connectivity index (χ1n) is 15.0. The molecule has 5 rings (SSSR count). The van der Waals surface area contributed by atoms with Gasteiger partial charge in [0.15, 0.2) is 5.82 Å². The Morgan fingerprint density at radius 2 is 1.76 bits per heavy atom. The van der Waals surface area contributed by atoms with Gasteiger partial charge in [-0.25, -0.2) is 9.97 Å². The zero-order valence-corrected chi connectivity index (χ0v) is 25.5. The molecule has 13 heteroatoms. The minimum atomic E-state index is -4.56. The van der Waals surface area contributed by atoms with Gasteiger partial charge in [0.05, 0.1) is 29.7 Å². The summed E-state index contributed by atoms with van der Waals surface area (Å²) in [4.78, 5) is 33.8. The van der Waals surface area contributed by atoms with Gasteiger partial charge in [-0.05, 0) is 68.4 Å². The third kappa shape index (κ3) is 7.59. The molecule has 2 heterocycles. The molecular formula is C32H37F3N8O2. The Balaban J connectivity index is 1.30. The molecule has 0 saturated heterocycles. The van der Waals surface area contributed by atoms with Crippen LogP contribution in [-0.4, -0.2) is 50.2 Å². The van der Waals surface area contributed by atoms with Crippen molar-refractivity contribution in [1.29, 1.82) is 0 Å². The topological polar surface area (TPSA) is 140 Å². The summed E-state index contributed by atoms with van der Waals surface area (Å²) in [5, 5.41) is 14.3. The molecule has 1 aliphatic rings. The molecule has 0 spiro atoms. The van der Waals surface area contributed by atoms with Crippen molar-refractivity contribution in [2.24, 2.45) is 12.8 Å². The highest BCUT2D eigenvalue weighted by Gasteiger charge is 2.33. The highest BCUT2D eigenvalue weighted by molar-refractivity contribution is 5.93. The molecule has 0 unspecified atom stereocenters. The number of fused-ring (bicyclic) bond motifs is 1. The molecule has 10 nitrogen and oxygen atoms in total. The number of carbonyl (C=O) groups excluding carboxylic acids is 2. The van der Waals surface area contributed by atoms with Gasteiger partial charge in [0.1, 0.15) is 0 Å². The second kappa shape index (κ2) is 13.2. The molecule has 2 aromatic carbocycles. The largest absolute Gasteiger partial charge is 0.416 e. The second-order valence-electron chi connectivity index (χ2n) is 11.5. The van der Waals surface area contributed by atoms with E-state index in [-0.39, 0.29) is 35.9 Å². The van der Waals surface area contributed by atoms with Crippen LogP contribution in [0.1, 0.15) is 54.9 Å². The first-order valence-corrected chi connectivity index (χ1v) is 15.0. The summed E-state index contributed by atoms with van der Waals surface area (Å²) in [5.41, 5.74) is 8.53. The number of anilines is 2. The van der Waals surface area contributed by atoms with E-state index < -0.39 is 24.1 Å². The van der Waals surface area contributed by atoms with Gasteiger partial charge in [0.25, 0.3) is 0 Å². The highest BCUT2D eigenvalue weighted by atomic mass is 19.4. The van der Waals surface area contributed by atoms with Crippen LogP contribution in [0.15, 0.2) is 42.6 Å². The van der Waals surface area contributed by atoms with Gasteiger partial charge in [-0.15, -0.1) is 0 Å². The summed E-state index contributed by atoms with van der Waals surface area (Å²) < 4.78 is 42.1. The van der Waals surface area contributed by atoms with Crippen molar-refractivity contribution >= 4 is 34.5 Å². The van der Waals surface area contributed by atoms with Crippen LogP contribution in [0, 0.1) is 6.92 Å². The van der Waals surface area contributed by atoms with Crippen LogP contribution in [0.5, 0.6) is 0 Å². The molecule has 2 aromatic heterocycles. The quantitative estimate of drug-likeness (QED) is 0.208. The fraction of sp³-hybridized carbons (Fsp3) is 0.406. The smallest absolute Gasteiger partial charge is 0.352 e. The molecular weight excluding hydrogens is 585 g/mol. The van der Waals surface area contributed by atoms with Crippen molar-refractivity contribution in [3.63, 3.8) is 0 Å². The SMILES string of the molecule is CCc1cc(-c2cc(NC(=O)Cc3cc(C)ccc3C(F)(F)F)nn2C)cc2cnc(NC3CCC(NC(=O)CN)CC3)nc12. The Hall–Kier alpha value is -4.52. The number of alkyl halides is 3. The molecule has 0 atom stereocenters. The van der Waals surface area contributed by atoms with Crippen LogP contribution < -0.4 is 21.7 Å². The third-order valence-corrected chi connectivity index (χ3v) is 8.11. The van der Waals surface area contributed by atoms with Gasteiger partial charge in [-0.3, -0.25) is 14.3 Å². The van der Waals surface area contributed by atoms with Gasteiger partial charge in [-0.1, -0.05) is 24.6 Å². The van der Waals surface area contributed by atoms with Crippen molar-refractivity contribution < 1.29 is 22.8 Å². The average molecular weight is 623 g/mol. The number of halogens is 3. The van der Waals surface area contributed by atoms with E-state index >= 15 is 0 Å². The highest BCUT2D eigenvalue weighted by Crippen LogP contribution is 2.33. The Kier molecular flexibility index (Phi) is 9.37. The number of rotatable bonds is 9. The van der Waals surface area contributed by atoms with Crippen LogP contribution in [0.25, 0.3) is 22.2 Å². The predicted octanol–water partition coefficient (Wildman–Crippen LogP) is 4.90. The standard InChI is InChI=1S/C32H37F3N8O2/c1-4-19-12-21(13-22-17-37-31(41-30(19)22)39-24-8-6-23(7-9-24)38-29(45)16-36)26-15-27(42-43(26)3)40-28(44)14-20-11-18(2)5-10-25(20)32(33,34)35/h5,10-13,15,17,23-24H,4,6-9,14,16,36H2,1-3H3,(H,38,45)(H,37,39,41)(H,40,42,44). The summed E-state index contributed by atoms with van der Waals surface area (Å²) in [6.07, 6.45) is 0.973. The van der Waals surface area contributed by atoms with E-state index in [2.05, 4.69) is 26.0 Å². The lowest BCUT2D eigenvalue weighted by Crippen LogP contribution is -2.42. The fourth-order valence-corrected chi connectivity index (χ4v) is 5.86. The van der Waals surface area contributed by atoms with E-state index in [1.165, 1.54) is 12.1 Å². The molecule has 0 radical (unpaired) electrons. The number of benzene rings is 2. The predicted molar refractivity (Wildman–Crippen MR) is 166 cm³/mol. The molecule has 238 valence electrons. The molecule has 4 aromatic rings. The number of nitrogens with two attached hydrogens (primary N) is 1. The molecule has 0 aliphatic heterocycles. The maximum absolute atomic E-state index is 13.5. The summed E-state index contributed by atoms with van der Waals surface area (Å²) in [7, 11) is 1.74. The molecule has 45 heavy (non-hydrogen) atoms. The molecule has 5 N–H and O–H groups in total. The second-order valence-corrected chi connectivity index (χ2v) is 11.5. The van der Waals surface area contributed by atoms with E-state index in [0.29, 0.717) is 23.6 Å². The number of aryl methyl sites for hydroxylation is 3. The van der Waals surface area contributed by atoms with Crippen molar-refractivity contribution in [3.8, 4) is 11.3 Å². The van der Waals surface area contributed by atoms with Crippen LogP contribution in [-0.2, 0) is 35.7 Å². The molecule has 2 amide bonds. The number of hydrogen-bond donors (Lipinski definition) is 4. The molecule has 1 fully saturated rings. The monoisotopic (exact) mass is 622 g/mol. The van der Waals surface area contributed by atoms with Crippen molar-refractivity contribution in [2.45, 2.75) is 70.6 Å². The first-order chi connectivity index (χ1) is 21.4. The summed E-state index contributed by atoms with van der Waals surface area (Å²) in [5.74, 6) is 0.0619. The number of aromatic nitrogens is 4. The summed E-state index contributed by atoms with van der Waals surface area (Å²) >= 11 is 0. The molecule has 0 bridgehead atoms. The maximum Gasteiger partial charge on any atom is 0.416 e. The zero-order valence-electron chi connectivity index (χ0n) is 25.5. The number of amides is 2. The van der Waals surface area contributed by atoms with Crippen LogP contribution in [0.3, 0.4) is 0 Å². The number of hydrogen-bond acceptors (Lipinski definition) is 7. The Bertz CT molecular complexity index is 1710. The van der Waals surface area contributed by atoms with E-state index in [4.69, 9.17) is 10.7 Å². The van der Waals surface area contributed by atoms with Gasteiger partial charge in [0, 0.05) is 42.3 Å². The van der Waals surface area contributed by atoms with E-state index in [1.807, 2.05) is 19.1 Å². The van der Waals surface area contributed by atoms with Crippen LogP contribution in [0.4, 0.5) is 24.9 Å². The zero-order chi connectivity index (χ0) is 32.3. The van der Waals surface area contributed by atoms with E-state index in [9.17, 15) is 22.8 Å². The van der Waals surface area contributed by atoms with Gasteiger partial charge in [0.2, 0.25) is 17.8 Å². The lowest BCUT2D eigenvalue weighted by atomic mass is 9.91. The third-order valence-electron chi connectivity index (χ3n) is 8.11. The number of carbonyl (C=O) groups is 2. The van der Waals surface area contributed by atoms with Gasteiger partial charge in [-0.2, -0.15) is 18.3 Å². The minimum Gasteiger partial charge on any atom is -0.352 e. The summed E-state index contributed by atoms with van der Waals surface area (Å²) in [6, 6.07) is 9.78. The number of nitrogens with zero attached hydrogens (tertiary/aromatic N) is 4. The Morgan fingerprint density at radius 1 is 1.02 bits per heavy atom. The van der Waals surface area contributed by atoms with Crippen molar-refractivity contribution in [2.75, 3.05) is 17.2 Å². The van der Waals surface area contributed by atoms with Crippen molar-refractivity contribution in [1.82, 2.24) is 25.1 Å². The normalized spacial score (nSPS) is 16.9. The number of nitrogens with one attached hydrogen (secondary N) is 3. The lowest BCUT2D eigenvalue weighted by Gasteiger charge is -2.29. The first kappa shape index (κ1) is 31.9. The molecule has 1 saturated carbocycles. The lowest BCUT2D eigenvalue weighted by molar-refractivity contribution is -0.138. The fourth-order valence-electron chi connectivity index (χ4n) is 5.86. The van der Waals surface area contributed by atoms with E-state index in [1.54, 1.807) is 30.9 Å². The van der Waals surface area contributed by atoms with Crippen LogP contribution >= 0.6 is 0 Å². The maximum atomic E-state index is 13.5. The minimum absolute atomic E-state index is 0.00747. The average Bonchev–Trinajstić information content (AvgIpc) is 3.36. The molecule has 1 aliphatic carbocycles. The van der Waals surface area contributed by atoms with E-state index in [0.717, 1.165) is 53.8 Å². The van der Waals surface area contributed by atoms with Crippen molar-refractivity contribution in [3.05, 3.63) is 64.8 Å². The van der Waals surface area contributed by atoms with Gasteiger partial charge >= 0.3 is 6.18 Å². The summed E-state index contributed by atoms with van der Waals surface area (Å²) in [6.45, 7) is 3.72. The van der Waals surface area contributed by atoms with Gasteiger partial charge < -0.3 is 21.7 Å². The Morgan fingerprint density at radius 3 is 2.44 bits per heavy atom. The Labute approximate surface area is 259 Å². The van der Waals surface area contributed by atoms with Crippen LogP contribution in [0.2, 0.25) is 0 Å².